The molecule has 10 heteroatoms. The highest BCUT2D eigenvalue weighted by atomic mass is 16.4. The maximum absolute atomic E-state index is 13.3. The molecule has 3 saturated heterocycles. The van der Waals surface area contributed by atoms with Gasteiger partial charge in [0, 0.05) is 35.7 Å². The second kappa shape index (κ2) is 9.01. The molecule has 5 rings (SSSR count). The smallest absolute Gasteiger partial charge is 0.412 e. The Kier molecular flexibility index (Phi) is 6.29. The molecule has 3 aliphatic heterocycles. The fourth-order valence-corrected chi connectivity index (χ4v) is 4.88. The molecule has 1 aromatic carbocycles. The molecule has 2 aromatic rings. The lowest BCUT2D eigenvalue weighted by Crippen LogP contribution is -2.57. The van der Waals surface area contributed by atoms with Gasteiger partial charge in [-0.2, -0.15) is 9.78 Å². The van der Waals surface area contributed by atoms with Crippen LogP contribution in [-0.4, -0.2) is 75.6 Å². The van der Waals surface area contributed by atoms with E-state index in [1.165, 1.54) is 9.58 Å². The minimum absolute atomic E-state index is 0.0408. The van der Waals surface area contributed by atoms with Gasteiger partial charge in [0.05, 0.1) is 5.52 Å². The third-order valence-electron chi connectivity index (χ3n) is 6.46. The van der Waals surface area contributed by atoms with E-state index in [0.29, 0.717) is 22.5 Å². The van der Waals surface area contributed by atoms with Gasteiger partial charge in [-0.1, -0.05) is 0 Å². The molecule has 0 radical (unpaired) electrons. The number of aromatic nitrogens is 2. The van der Waals surface area contributed by atoms with Crippen LogP contribution in [0.15, 0.2) is 18.2 Å². The van der Waals surface area contributed by atoms with Gasteiger partial charge in [-0.3, -0.25) is 9.69 Å². The van der Waals surface area contributed by atoms with Crippen LogP contribution in [0.25, 0.3) is 10.9 Å². The number of carbonyl (C=O) groups is 3. The van der Waals surface area contributed by atoms with Crippen LogP contribution < -0.4 is 15.5 Å². The van der Waals surface area contributed by atoms with E-state index in [-0.39, 0.29) is 29.7 Å². The minimum Gasteiger partial charge on any atom is -0.465 e. The van der Waals surface area contributed by atoms with Crippen molar-refractivity contribution in [3.8, 4) is 0 Å². The molecular weight excluding hydrogens is 424 g/mol. The molecule has 3 aliphatic rings. The molecule has 2 bridgehead atoms. The van der Waals surface area contributed by atoms with Crippen molar-refractivity contribution in [1.82, 2.24) is 25.3 Å². The first-order chi connectivity index (χ1) is 15.7. The van der Waals surface area contributed by atoms with Crippen LogP contribution in [0.1, 0.15) is 51.0 Å². The van der Waals surface area contributed by atoms with Gasteiger partial charge in [-0.05, 0) is 77.7 Å². The molecule has 1 aromatic heterocycles. The Bertz CT molecular complexity index is 1070. The molecule has 0 spiro atoms. The molecule has 10 nitrogen and oxygen atoms in total. The van der Waals surface area contributed by atoms with Crippen LogP contribution in [0.5, 0.6) is 0 Å². The number of anilines is 1. The minimum atomic E-state index is -1.09. The van der Waals surface area contributed by atoms with Gasteiger partial charge in [0.2, 0.25) is 0 Å². The van der Waals surface area contributed by atoms with Gasteiger partial charge in [-0.25, -0.2) is 9.59 Å². The second-order valence-electron chi connectivity index (χ2n) is 9.53. The zero-order valence-corrected chi connectivity index (χ0v) is 19.5. The van der Waals surface area contributed by atoms with Crippen molar-refractivity contribution in [2.75, 3.05) is 24.5 Å². The average molecular weight is 457 g/mol. The highest BCUT2D eigenvalue weighted by Crippen LogP contribution is 2.29. The number of nitrogens with one attached hydrogen (secondary N) is 2. The fraction of sp³-hybridized carbons (Fsp3) is 0.565. The standard InChI is InChI=1S/C23H32N6O4/c1-13(2)24-22(31)29-19-6-5-16(28(14(3)4)23(32)33)11-17(19)20(26-29)21(30)25-18-12-27-9-7-15(18)8-10-27/h5-6,11,13-15,18H,7-10,12H2,1-4H3,(H,24,31)(H,25,30)(H,32,33)/t18-/m0/s1. The number of benzene rings is 1. The number of fused-ring (bicyclic) bond motifs is 4. The summed E-state index contributed by atoms with van der Waals surface area (Å²) >= 11 is 0. The molecule has 3 fully saturated rings. The van der Waals surface area contributed by atoms with Gasteiger partial charge in [0.1, 0.15) is 0 Å². The molecule has 0 aliphatic carbocycles. The summed E-state index contributed by atoms with van der Waals surface area (Å²) in [7, 11) is 0. The lowest BCUT2D eigenvalue weighted by Gasteiger charge is -2.44. The van der Waals surface area contributed by atoms with Crippen molar-refractivity contribution in [2.24, 2.45) is 5.92 Å². The molecular formula is C23H32N6O4. The molecule has 3 amide bonds. The molecule has 33 heavy (non-hydrogen) atoms. The number of piperidine rings is 3. The Balaban J connectivity index is 1.74. The third kappa shape index (κ3) is 4.52. The van der Waals surface area contributed by atoms with E-state index < -0.39 is 12.1 Å². The maximum Gasteiger partial charge on any atom is 0.412 e. The number of rotatable bonds is 5. The first kappa shape index (κ1) is 23.0. The molecule has 178 valence electrons. The van der Waals surface area contributed by atoms with Gasteiger partial charge in [0.25, 0.3) is 5.91 Å². The topological polar surface area (TPSA) is 120 Å². The average Bonchev–Trinajstić information content (AvgIpc) is 3.13. The fourth-order valence-electron chi connectivity index (χ4n) is 4.88. The number of hydrogen-bond donors (Lipinski definition) is 3. The van der Waals surface area contributed by atoms with Crippen LogP contribution in [0, 0.1) is 5.92 Å². The molecule has 1 atom stereocenters. The van der Waals surface area contributed by atoms with Crippen molar-refractivity contribution >= 4 is 34.6 Å². The molecule has 4 heterocycles. The van der Waals surface area contributed by atoms with E-state index in [1.807, 2.05) is 13.8 Å². The summed E-state index contributed by atoms with van der Waals surface area (Å²) in [6.45, 7) is 10.2. The lowest BCUT2D eigenvalue weighted by atomic mass is 9.84. The van der Waals surface area contributed by atoms with Gasteiger partial charge in [-0.15, -0.1) is 0 Å². The SMILES string of the molecule is CC(C)NC(=O)n1nc(C(=O)N[C@H]2CN3CCC2CC3)c2cc(N(C(=O)O)C(C)C)ccc21. The van der Waals surface area contributed by atoms with Crippen molar-refractivity contribution in [1.29, 1.82) is 0 Å². The van der Waals surface area contributed by atoms with E-state index in [1.54, 1.807) is 32.0 Å². The van der Waals surface area contributed by atoms with Gasteiger partial charge < -0.3 is 20.6 Å². The monoisotopic (exact) mass is 456 g/mol. The zero-order chi connectivity index (χ0) is 23.9. The molecule has 0 unspecified atom stereocenters. The van der Waals surface area contributed by atoms with Crippen molar-refractivity contribution in [3.05, 3.63) is 23.9 Å². The number of amides is 3. The quantitative estimate of drug-likeness (QED) is 0.636. The predicted octanol–water partition coefficient (Wildman–Crippen LogP) is 2.72. The van der Waals surface area contributed by atoms with Crippen LogP contribution in [0.4, 0.5) is 15.3 Å². The normalized spacial score (nSPS) is 22.1. The second-order valence-corrected chi connectivity index (χ2v) is 9.53. The highest BCUT2D eigenvalue weighted by Gasteiger charge is 2.36. The zero-order valence-electron chi connectivity index (χ0n) is 19.5. The molecule has 0 saturated carbocycles. The number of nitrogens with zero attached hydrogens (tertiary/aromatic N) is 4. The van der Waals surface area contributed by atoms with E-state index in [9.17, 15) is 19.5 Å². The Morgan fingerprint density at radius 2 is 1.85 bits per heavy atom. The van der Waals surface area contributed by atoms with Crippen molar-refractivity contribution < 1.29 is 19.5 Å². The largest absolute Gasteiger partial charge is 0.465 e. The first-order valence-corrected chi connectivity index (χ1v) is 11.5. The van der Waals surface area contributed by atoms with Crippen LogP contribution in [-0.2, 0) is 0 Å². The van der Waals surface area contributed by atoms with Gasteiger partial charge in [0.15, 0.2) is 5.69 Å². The Morgan fingerprint density at radius 3 is 2.39 bits per heavy atom. The summed E-state index contributed by atoms with van der Waals surface area (Å²) in [5.41, 5.74) is 0.993. The third-order valence-corrected chi connectivity index (χ3v) is 6.46. The van der Waals surface area contributed by atoms with Crippen molar-refractivity contribution in [2.45, 2.75) is 58.7 Å². The Morgan fingerprint density at radius 1 is 1.15 bits per heavy atom. The summed E-state index contributed by atoms with van der Waals surface area (Å²) in [5.74, 6) is 0.0916. The lowest BCUT2D eigenvalue weighted by molar-refractivity contribution is 0.0618. The summed E-state index contributed by atoms with van der Waals surface area (Å²) in [6, 6.07) is 4.09. The summed E-state index contributed by atoms with van der Waals surface area (Å²) in [4.78, 5) is 41.5. The van der Waals surface area contributed by atoms with Crippen LogP contribution >= 0.6 is 0 Å². The maximum atomic E-state index is 13.3. The number of hydrogen-bond acceptors (Lipinski definition) is 5. The van der Waals surface area contributed by atoms with Crippen LogP contribution in [0.3, 0.4) is 0 Å². The van der Waals surface area contributed by atoms with E-state index >= 15 is 0 Å². The number of carbonyl (C=O) groups excluding carboxylic acids is 2. The summed E-state index contributed by atoms with van der Waals surface area (Å²) in [5, 5.41) is 20.4. The van der Waals surface area contributed by atoms with Crippen LogP contribution in [0.2, 0.25) is 0 Å². The summed E-state index contributed by atoms with van der Waals surface area (Å²) < 4.78 is 1.19. The van der Waals surface area contributed by atoms with E-state index in [4.69, 9.17) is 0 Å². The van der Waals surface area contributed by atoms with E-state index in [2.05, 4.69) is 20.6 Å². The number of carboxylic acid groups (broad SMARTS) is 1. The van der Waals surface area contributed by atoms with E-state index in [0.717, 1.165) is 32.5 Å². The first-order valence-electron chi connectivity index (χ1n) is 11.5. The van der Waals surface area contributed by atoms with Crippen molar-refractivity contribution in [3.63, 3.8) is 0 Å². The highest BCUT2D eigenvalue weighted by molar-refractivity contribution is 6.08. The van der Waals surface area contributed by atoms with Gasteiger partial charge >= 0.3 is 12.1 Å². The predicted molar refractivity (Wildman–Crippen MR) is 125 cm³/mol. The Labute approximate surface area is 192 Å². The Hall–Kier alpha value is -3.14. The molecule has 3 N–H and O–H groups in total. The summed E-state index contributed by atoms with van der Waals surface area (Å²) in [6.07, 6.45) is 1.03.